The van der Waals surface area contributed by atoms with E-state index in [9.17, 15) is 14.4 Å². The van der Waals surface area contributed by atoms with Gasteiger partial charge >= 0.3 is 0 Å². The van der Waals surface area contributed by atoms with Gasteiger partial charge in [-0.15, -0.1) is 11.8 Å². The number of unbranched alkanes of at least 4 members (excludes halogenated alkanes) is 2. The SMILES string of the molecule is CCCNC(=O)[C@@H]1[C@@H]2CC(C)C3(S2)C(C(=O)Nc2ccc(OC)cc2)N(CCCCCO)C(=O)[C@H]13. The number of aliphatic hydroxyl groups excluding tert-OH is 1. The molecule has 3 unspecified atom stereocenters. The van der Waals surface area contributed by atoms with Gasteiger partial charge in [0.2, 0.25) is 17.7 Å². The number of nitrogens with zero attached hydrogens (tertiary/aromatic N) is 1. The number of anilines is 1. The molecule has 1 aromatic carbocycles. The number of carbonyl (C=O) groups is 3. The lowest BCUT2D eigenvalue weighted by Gasteiger charge is -2.38. The van der Waals surface area contributed by atoms with Crippen molar-refractivity contribution in [1.29, 1.82) is 0 Å². The smallest absolute Gasteiger partial charge is 0.248 e. The molecular formula is C26H37N3O5S. The minimum atomic E-state index is -0.648. The number of ether oxygens (including phenoxy) is 1. The molecule has 2 bridgehead atoms. The van der Waals surface area contributed by atoms with E-state index in [0.29, 0.717) is 37.4 Å². The molecule has 3 aliphatic heterocycles. The molecule has 0 saturated carbocycles. The predicted octanol–water partition coefficient (Wildman–Crippen LogP) is 2.66. The van der Waals surface area contributed by atoms with E-state index in [1.807, 2.05) is 6.92 Å². The molecule has 0 radical (unpaired) electrons. The zero-order valence-electron chi connectivity index (χ0n) is 20.8. The van der Waals surface area contributed by atoms with Gasteiger partial charge in [-0.2, -0.15) is 0 Å². The van der Waals surface area contributed by atoms with Gasteiger partial charge in [-0.3, -0.25) is 14.4 Å². The first-order valence-corrected chi connectivity index (χ1v) is 13.6. The summed E-state index contributed by atoms with van der Waals surface area (Å²) in [6.45, 7) is 5.27. The number of fused-ring (bicyclic) bond motifs is 1. The van der Waals surface area contributed by atoms with Crippen molar-refractivity contribution in [3.05, 3.63) is 24.3 Å². The van der Waals surface area contributed by atoms with Gasteiger partial charge in [0.1, 0.15) is 11.8 Å². The van der Waals surface area contributed by atoms with Crippen molar-refractivity contribution < 1.29 is 24.2 Å². The van der Waals surface area contributed by atoms with Crippen LogP contribution < -0.4 is 15.4 Å². The van der Waals surface area contributed by atoms with E-state index in [4.69, 9.17) is 9.84 Å². The van der Waals surface area contributed by atoms with Crippen LogP contribution >= 0.6 is 11.8 Å². The van der Waals surface area contributed by atoms with Crippen LogP contribution in [0.3, 0.4) is 0 Å². The van der Waals surface area contributed by atoms with Crippen molar-refractivity contribution in [2.75, 3.05) is 32.1 Å². The van der Waals surface area contributed by atoms with Gasteiger partial charge in [0.05, 0.1) is 23.7 Å². The summed E-state index contributed by atoms with van der Waals surface area (Å²) in [4.78, 5) is 42.7. The van der Waals surface area contributed by atoms with Crippen LogP contribution in [0.15, 0.2) is 24.3 Å². The molecule has 1 spiro atoms. The topological polar surface area (TPSA) is 108 Å². The van der Waals surface area contributed by atoms with E-state index in [0.717, 1.165) is 19.3 Å². The largest absolute Gasteiger partial charge is 0.497 e. The van der Waals surface area contributed by atoms with Crippen molar-refractivity contribution in [1.82, 2.24) is 10.2 Å². The number of aliphatic hydroxyl groups is 1. The predicted molar refractivity (Wildman–Crippen MR) is 136 cm³/mol. The van der Waals surface area contributed by atoms with E-state index in [2.05, 4.69) is 17.6 Å². The lowest BCUT2D eigenvalue weighted by Crippen LogP contribution is -2.55. The highest BCUT2D eigenvalue weighted by molar-refractivity contribution is 8.02. The summed E-state index contributed by atoms with van der Waals surface area (Å²) in [5, 5.41) is 15.3. The summed E-state index contributed by atoms with van der Waals surface area (Å²) < 4.78 is 4.60. The second-order valence-corrected chi connectivity index (χ2v) is 11.4. The average molecular weight is 504 g/mol. The molecule has 35 heavy (non-hydrogen) atoms. The fourth-order valence-electron chi connectivity index (χ4n) is 6.18. The number of amides is 3. The molecule has 4 rings (SSSR count). The lowest BCUT2D eigenvalue weighted by molar-refractivity contribution is -0.139. The summed E-state index contributed by atoms with van der Waals surface area (Å²) in [5.74, 6) is -0.423. The molecule has 3 heterocycles. The molecule has 192 valence electrons. The van der Waals surface area contributed by atoms with Crippen molar-refractivity contribution in [2.45, 2.75) is 62.0 Å². The number of benzene rings is 1. The van der Waals surface area contributed by atoms with Crippen LogP contribution in [0.1, 0.15) is 46.0 Å². The van der Waals surface area contributed by atoms with Gasteiger partial charge < -0.3 is 25.4 Å². The van der Waals surface area contributed by atoms with Crippen LogP contribution in [0.25, 0.3) is 0 Å². The van der Waals surface area contributed by atoms with Gasteiger partial charge in [-0.05, 0) is 62.3 Å². The third-order valence-corrected chi connectivity index (χ3v) is 9.84. The van der Waals surface area contributed by atoms with Gasteiger partial charge in [-0.25, -0.2) is 0 Å². The van der Waals surface area contributed by atoms with Crippen LogP contribution in [0.4, 0.5) is 5.69 Å². The molecule has 3 aliphatic rings. The maximum Gasteiger partial charge on any atom is 0.248 e. The summed E-state index contributed by atoms with van der Waals surface area (Å²) in [5.41, 5.74) is 0.644. The molecule has 3 amide bonds. The number of carbonyl (C=O) groups excluding carboxylic acids is 3. The minimum absolute atomic E-state index is 0.0450. The number of likely N-dealkylation sites (tertiary alicyclic amines) is 1. The molecule has 3 N–H and O–H groups in total. The quantitative estimate of drug-likeness (QED) is 0.401. The number of methoxy groups -OCH3 is 1. The lowest BCUT2D eigenvalue weighted by atomic mass is 9.66. The van der Waals surface area contributed by atoms with Crippen LogP contribution in [0, 0.1) is 17.8 Å². The van der Waals surface area contributed by atoms with E-state index in [-0.39, 0.29) is 35.5 Å². The summed E-state index contributed by atoms with van der Waals surface area (Å²) in [7, 11) is 1.59. The summed E-state index contributed by atoms with van der Waals surface area (Å²) >= 11 is 1.69. The molecule has 9 heteroatoms. The second-order valence-electron chi connectivity index (χ2n) is 9.88. The first-order valence-electron chi connectivity index (χ1n) is 12.7. The van der Waals surface area contributed by atoms with E-state index >= 15 is 0 Å². The number of nitrogens with one attached hydrogen (secondary N) is 2. The summed E-state index contributed by atoms with van der Waals surface area (Å²) in [6.07, 6.45) is 3.80. The van der Waals surface area contributed by atoms with Crippen molar-refractivity contribution in [3.63, 3.8) is 0 Å². The highest BCUT2D eigenvalue weighted by Crippen LogP contribution is 2.68. The van der Waals surface area contributed by atoms with Gasteiger partial charge in [0, 0.05) is 30.6 Å². The Bertz CT molecular complexity index is 941. The Kier molecular flexibility index (Phi) is 7.96. The standard InChI is InChI=1S/C26H37N3O5S/c1-4-12-27-23(31)20-19-15-16(2)26(35-19)21(20)25(33)29(13-6-5-7-14-30)22(26)24(32)28-17-8-10-18(34-3)11-9-17/h8-11,16,19-22,30H,4-7,12-15H2,1-3H3,(H,27,31)(H,28,32)/t16?,19-,20+,21-,22?,26?/m0/s1. The molecule has 8 nitrogen and oxygen atoms in total. The van der Waals surface area contributed by atoms with Crippen LogP contribution in [0.5, 0.6) is 5.75 Å². The van der Waals surface area contributed by atoms with Crippen LogP contribution in [-0.2, 0) is 14.4 Å². The highest BCUT2D eigenvalue weighted by Gasteiger charge is 2.75. The molecular weight excluding hydrogens is 466 g/mol. The summed E-state index contributed by atoms with van der Waals surface area (Å²) in [6, 6.07) is 6.51. The zero-order chi connectivity index (χ0) is 25.2. The molecule has 6 atom stereocenters. The van der Waals surface area contributed by atoms with Gasteiger partial charge in [-0.1, -0.05) is 13.8 Å². The van der Waals surface area contributed by atoms with Crippen molar-refractivity contribution in [3.8, 4) is 5.75 Å². The number of rotatable bonds is 11. The zero-order valence-corrected chi connectivity index (χ0v) is 21.6. The number of hydrogen-bond acceptors (Lipinski definition) is 6. The van der Waals surface area contributed by atoms with E-state index in [1.165, 1.54) is 0 Å². The average Bonchev–Trinajstić information content (AvgIpc) is 3.44. The Morgan fingerprint density at radius 3 is 2.60 bits per heavy atom. The molecule has 1 aromatic rings. The fourth-order valence-corrected chi connectivity index (χ4v) is 8.60. The number of hydrogen-bond donors (Lipinski definition) is 3. The normalized spacial score (nSPS) is 30.9. The second kappa shape index (κ2) is 10.8. The van der Waals surface area contributed by atoms with Crippen molar-refractivity contribution >= 4 is 35.2 Å². The molecule has 3 fully saturated rings. The monoisotopic (exact) mass is 503 g/mol. The molecule has 0 aliphatic carbocycles. The van der Waals surface area contributed by atoms with Gasteiger partial charge in [0.25, 0.3) is 0 Å². The van der Waals surface area contributed by atoms with Crippen LogP contribution in [0.2, 0.25) is 0 Å². The Hall–Kier alpha value is -2.26. The maximum atomic E-state index is 13.9. The molecule has 3 saturated heterocycles. The Morgan fingerprint density at radius 2 is 1.94 bits per heavy atom. The maximum absolute atomic E-state index is 13.9. The first-order chi connectivity index (χ1) is 16.9. The third-order valence-electron chi connectivity index (χ3n) is 7.76. The Morgan fingerprint density at radius 1 is 1.20 bits per heavy atom. The highest BCUT2D eigenvalue weighted by atomic mass is 32.2. The molecule has 0 aromatic heterocycles. The van der Waals surface area contributed by atoms with Crippen LogP contribution in [-0.4, -0.2) is 70.6 Å². The first kappa shape index (κ1) is 25.8. The third kappa shape index (κ3) is 4.53. The minimum Gasteiger partial charge on any atom is -0.497 e. The number of thioether (sulfide) groups is 1. The Labute approximate surface area is 211 Å². The Balaban J connectivity index is 1.65. The fraction of sp³-hybridized carbons (Fsp3) is 0.654. The van der Waals surface area contributed by atoms with Crippen molar-refractivity contribution in [2.24, 2.45) is 17.8 Å². The van der Waals surface area contributed by atoms with E-state index < -0.39 is 22.6 Å². The van der Waals surface area contributed by atoms with E-state index in [1.54, 1.807) is 48.0 Å². The van der Waals surface area contributed by atoms with Gasteiger partial charge in [0.15, 0.2) is 0 Å².